The molecule has 5 aromatic rings. The van der Waals surface area contributed by atoms with E-state index in [0.717, 1.165) is 74.5 Å². The van der Waals surface area contributed by atoms with E-state index >= 15 is 0 Å². The van der Waals surface area contributed by atoms with Gasteiger partial charge < -0.3 is 10.3 Å². The van der Waals surface area contributed by atoms with Gasteiger partial charge in [-0.15, -0.1) is 11.3 Å². The van der Waals surface area contributed by atoms with E-state index in [1.807, 2.05) is 24.7 Å². The first-order chi connectivity index (χ1) is 19.0. The molecule has 0 bridgehead atoms. The Bertz CT molecular complexity index is 1710. The number of hydrogen-bond acceptors (Lipinski definition) is 6. The normalized spacial score (nSPS) is 13.7. The first-order valence-electron chi connectivity index (χ1n) is 13.3. The number of pyridine rings is 2. The summed E-state index contributed by atoms with van der Waals surface area (Å²) in [7, 11) is 0. The maximum Gasteiger partial charge on any atom is 0.227 e. The van der Waals surface area contributed by atoms with Crippen molar-refractivity contribution in [2.75, 3.05) is 11.9 Å². The van der Waals surface area contributed by atoms with Crippen LogP contribution in [-0.4, -0.2) is 38.1 Å². The monoisotopic (exact) mass is 534 g/mol. The molecule has 1 amide bonds. The van der Waals surface area contributed by atoms with Crippen molar-refractivity contribution in [2.45, 2.75) is 40.0 Å². The van der Waals surface area contributed by atoms with Crippen LogP contribution in [-0.2, 0) is 4.79 Å². The summed E-state index contributed by atoms with van der Waals surface area (Å²) in [6.45, 7) is 7.01. The zero-order valence-electron chi connectivity index (χ0n) is 22.3. The van der Waals surface area contributed by atoms with Crippen molar-refractivity contribution in [1.82, 2.24) is 19.9 Å². The minimum atomic E-state index is 0.0731. The van der Waals surface area contributed by atoms with Crippen LogP contribution in [0.15, 0.2) is 66.2 Å². The molecule has 1 aliphatic rings. The first kappa shape index (κ1) is 25.1. The van der Waals surface area contributed by atoms with Crippen molar-refractivity contribution >= 4 is 39.7 Å². The standard InChI is InChI=1S/C31H30N6OS/c1-4-11-34-29(30-36-26-17-33-16-25(28(26)37-30)27-10-6-19(3)39-27)24-13-21(7-5-18(24)2)22-12-23(15-32-14-22)35-31(38)20-8-9-20/h5-7,10,12-17,20H,4,8-9,11H2,1-3H3,(H,35,38)(H,36,37). The Balaban J connectivity index is 1.40. The predicted molar refractivity (Wildman–Crippen MR) is 158 cm³/mol. The van der Waals surface area contributed by atoms with Gasteiger partial charge in [-0.1, -0.05) is 19.1 Å². The number of nitrogens with zero attached hydrogens (tertiary/aromatic N) is 4. The van der Waals surface area contributed by atoms with Crippen LogP contribution < -0.4 is 5.32 Å². The topological polar surface area (TPSA) is 95.9 Å². The molecule has 4 aromatic heterocycles. The van der Waals surface area contributed by atoms with Crippen LogP contribution in [0.3, 0.4) is 0 Å². The number of thiophene rings is 1. The number of aromatic amines is 1. The van der Waals surface area contributed by atoms with E-state index in [-0.39, 0.29) is 11.8 Å². The highest BCUT2D eigenvalue weighted by molar-refractivity contribution is 7.15. The highest BCUT2D eigenvalue weighted by Crippen LogP contribution is 2.33. The number of aryl methyl sites for hydroxylation is 2. The summed E-state index contributed by atoms with van der Waals surface area (Å²) in [4.78, 5) is 37.1. The van der Waals surface area contributed by atoms with Gasteiger partial charge in [0, 0.05) is 51.3 Å². The lowest BCUT2D eigenvalue weighted by Crippen LogP contribution is -2.13. The minimum absolute atomic E-state index is 0.0731. The molecule has 196 valence electrons. The van der Waals surface area contributed by atoms with Gasteiger partial charge in [0.15, 0.2) is 5.82 Å². The van der Waals surface area contributed by atoms with Crippen molar-refractivity contribution in [2.24, 2.45) is 10.9 Å². The number of imidazole rings is 1. The average molecular weight is 535 g/mol. The molecule has 2 N–H and O–H groups in total. The lowest BCUT2D eigenvalue weighted by atomic mass is 9.97. The third kappa shape index (κ3) is 5.25. The summed E-state index contributed by atoms with van der Waals surface area (Å²) >= 11 is 1.74. The van der Waals surface area contributed by atoms with Gasteiger partial charge in [-0.3, -0.25) is 19.8 Å². The van der Waals surface area contributed by atoms with Crippen LogP contribution in [0, 0.1) is 19.8 Å². The lowest BCUT2D eigenvalue weighted by Gasteiger charge is -2.12. The van der Waals surface area contributed by atoms with E-state index < -0.39 is 0 Å². The van der Waals surface area contributed by atoms with Gasteiger partial charge in [-0.05, 0) is 68.5 Å². The molecule has 1 aliphatic carbocycles. The van der Waals surface area contributed by atoms with E-state index in [0.29, 0.717) is 12.2 Å². The second-order valence-electron chi connectivity index (χ2n) is 10.1. The molecular weight excluding hydrogens is 504 g/mol. The molecule has 39 heavy (non-hydrogen) atoms. The van der Waals surface area contributed by atoms with Gasteiger partial charge >= 0.3 is 0 Å². The van der Waals surface area contributed by atoms with Gasteiger partial charge in [0.25, 0.3) is 0 Å². The molecule has 0 saturated heterocycles. The zero-order valence-corrected chi connectivity index (χ0v) is 23.1. The summed E-state index contributed by atoms with van der Waals surface area (Å²) in [5.74, 6) is 0.939. The smallest absolute Gasteiger partial charge is 0.227 e. The van der Waals surface area contributed by atoms with E-state index in [1.165, 1.54) is 4.88 Å². The lowest BCUT2D eigenvalue weighted by molar-refractivity contribution is -0.117. The number of hydrogen-bond donors (Lipinski definition) is 2. The molecular formula is C31H30N6OS. The fourth-order valence-electron chi connectivity index (χ4n) is 4.63. The minimum Gasteiger partial charge on any atom is -0.335 e. The van der Waals surface area contributed by atoms with Crippen molar-refractivity contribution in [3.63, 3.8) is 0 Å². The number of H-pyrrole nitrogens is 1. The van der Waals surface area contributed by atoms with Crippen molar-refractivity contribution in [3.8, 4) is 21.6 Å². The fourth-order valence-corrected chi connectivity index (χ4v) is 5.51. The highest BCUT2D eigenvalue weighted by Gasteiger charge is 2.29. The number of aliphatic imine (C=N–C) groups is 1. The molecule has 8 heteroatoms. The van der Waals surface area contributed by atoms with Gasteiger partial charge in [0.2, 0.25) is 5.91 Å². The summed E-state index contributed by atoms with van der Waals surface area (Å²) in [6, 6.07) is 12.6. The third-order valence-corrected chi connectivity index (χ3v) is 7.93. The van der Waals surface area contributed by atoms with E-state index in [4.69, 9.17) is 9.98 Å². The Morgan fingerprint density at radius 1 is 1.05 bits per heavy atom. The second-order valence-corrected chi connectivity index (χ2v) is 11.4. The highest BCUT2D eigenvalue weighted by atomic mass is 32.1. The Hall–Kier alpha value is -4.17. The summed E-state index contributed by atoms with van der Waals surface area (Å²) in [5, 5.41) is 3.01. The fraction of sp³-hybridized carbons (Fsp3) is 0.258. The number of aromatic nitrogens is 4. The number of nitrogens with one attached hydrogen (secondary N) is 2. The molecule has 1 saturated carbocycles. The van der Waals surface area contributed by atoms with E-state index in [1.54, 1.807) is 17.5 Å². The molecule has 0 radical (unpaired) electrons. The number of fused-ring (bicyclic) bond motifs is 1. The van der Waals surface area contributed by atoms with Crippen LogP contribution in [0.25, 0.3) is 32.6 Å². The number of anilines is 1. The quantitative estimate of drug-likeness (QED) is 0.210. The molecule has 4 heterocycles. The maximum atomic E-state index is 12.3. The zero-order chi connectivity index (χ0) is 26.9. The molecule has 6 rings (SSSR count). The predicted octanol–water partition coefficient (Wildman–Crippen LogP) is 6.96. The van der Waals surface area contributed by atoms with Crippen LogP contribution in [0.4, 0.5) is 5.69 Å². The van der Waals surface area contributed by atoms with Crippen LogP contribution in [0.1, 0.15) is 48.0 Å². The Labute approximate surface area is 231 Å². The molecule has 1 aromatic carbocycles. The van der Waals surface area contributed by atoms with Crippen molar-refractivity contribution in [3.05, 3.63) is 83.0 Å². The summed E-state index contributed by atoms with van der Waals surface area (Å²) < 4.78 is 0. The maximum absolute atomic E-state index is 12.3. The van der Waals surface area contributed by atoms with Crippen LogP contribution in [0.5, 0.6) is 0 Å². The molecule has 0 spiro atoms. The second kappa shape index (κ2) is 10.5. The Morgan fingerprint density at radius 2 is 1.90 bits per heavy atom. The SMILES string of the molecule is CCCN=C(c1nc2c(-c3ccc(C)s3)cncc2[nH]1)c1cc(-c2cncc(NC(=O)C3CC3)c2)ccc1C. The number of carbonyl (C=O) groups excluding carboxylic acids is 1. The Kier molecular flexibility index (Phi) is 6.79. The van der Waals surface area contributed by atoms with E-state index in [9.17, 15) is 4.79 Å². The number of carbonyl (C=O) groups is 1. The van der Waals surface area contributed by atoms with Crippen LogP contribution >= 0.6 is 11.3 Å². The van der Waals surface area contributed by atoms with E-state index in [2.05, 4.69) is 71.4 Å². The summed E-state index contributed by atoms with van der Waals surface area (Å²) in [5.41, 5.74) is 8.38. The number of amides is 1. The van der Waals surface area contributed by atoms with Crippen LogP contribution in [0.2, 0.25) is 0 Å². The van der Waals surface area contributed by atoms with Crippen molar-refractivity contribution in [1.29, 1.82) is 0 Å². The molecule has 0 aliphatic heterocycles. The molecule has 7 nitrogen and oxygen atoms in total. The number of rotatable bonds is 8. The first-order valence-corrected chi connectivity index (χ1v) is 14.1. The molecule has 0 unspecified atom stereocenters. The van der Waals surface area contributed by atoms with Gasteiger partial charge in [-0.25, -0.2) is 4.98 Å². The third-order valence-electron chi connectivity index (χ3n) is 6.90. The Morgan fingerprint density at radius 3 is 2.67 bits per heavy atom. The van der Waals surface area contributed by atoms with Gasteiger partial charge in [-0.2, -0.15) is 0 Å². The van der Waals surface area contributed by atoms with Crippen molar-refractivity contribution < 1.29 is 4.79 Å². The molecule has 0 atom stereocenters. The largest absolute Gasteiger partial charge is 0.335 e. The molecule has 1 fully saturated rings. The van der Waals surface area contributed by atoms with Gasteiger partial charge in [0.1, 0.15) is 11.2 Å². The average Bonchev–Trinajstić information content (AvgIpc) is 3.57. The van der Waals surface area contributed by atoms with Gasteiger partial charge in [0.05, 0.1) is 23.6 Å². The summed E-state index contributed by atoms with van der Waals surface area (Å²) in [6.07, 6.45) is 10.1. The number of benzene rings is 1.